The van der Waals surface area contributed by atoms with Crippen LogP contribution in [0, 0.1) is 5.82 Å². The van der Waals surface area contributed by atoms with Crippen molar-refractivity contribution in [2.75, 3.05) is 25.7 Å². The third kappa shape index (κ3) is 3.26. The Balaban J connectivity index is 1.89. The molecule has 0 saturated heterocycles. The number of aliphatic hydroxyl groups excluding tert-OH is 1. The van der Waals surface area contributed by atoms with Crippen LogP contribution in [0.4, 0.5) is 10.1 Å². The minimum atomic E-state index is -0.571. The number of hydrogen-bond donors (Lipinski definition) is 1. The molecule has 1 N–H and O–H groups in total. The van der Waals surface area contributed by atoms with Gasteiger partial charge in [0.05, 0.1) is 7.11 Å². The van der Waals surface area contributed by atoms with Gasteiger partial charge in [0.1, 0.15) is 0 Å². The van der Waals surface area contributed by atoms with Crippen molar-refractivity contribution in [3.63, 3.8) is 0 Å². The van der Waals surface area contributed by atoms with Gasteiger partial charge in [0.25, 0.3) is 11.7 Å². The minimum Gasteiger partial charge on any atom is -0.494 e. The predicted molar refractivity (Wildman–Crippen MR) is 87.3 cm³/mol. The summed E-state index contributed by atoms with van der Waals surface area (Å²) in [5.74, 6) is -0.778. The van der Waals surface area contributed by atoms with Crippen molar-refractivity contribution in [1.29, 1.82) is 0 Å². The summed E-state index contributed by atoms with van der Waals surface area (Å²) in [6, 6.07) is 4.20. The van der Waals surface area contributed by atoms with E-state index in [1.807, 2.05) is 0 Å². The molecule has 0 saturated carbocycles. The second kappa shape index (κ2) is 6.81. The zero-order valence-corrected chi connectivity index (χ0v) is 13.7. The van der Waals surface area contributed by atoms with Gasteiger partial charge in [0.2, 0.25) is 5.82 Å². The maximum Gasteiger partial charge on any atom is 0.297 e. The summed E-state index contributed by atoms with van der Waals surface area (Å²) in [6.45, 7) is -0.0144. The van der Waals surface area contributed by atoms with Gasteiger partial charge in [-0.2, -0.15) is 4.98 Å². The quantitative estimate of drug-likeness (QED) is 0.744. The van der Waals surface area contributed by atoms with Crippen LogP contribution in [0.2, 0.25) is 0 Å². The van der Waals surface area contributed by atoms with Gasteiger partial charge in [-0.05, 0) is 24.1 Å². The molecular weight excluding hydrogens is 329 g/mol. The van der Waals surface area contributed by atoms with E-state index >= 15 is 0 Å². The van der Waals surface area contributed by atoms with Gasteiger partial charge in [-0.3, -0.25) is 4.79 Å². The summed E-state index contributed by atoms with van der Waals surface area (Å²) < 4.78 is 20.1. The molecule has 8 nitrogen and oxygen atoms in total. The third-order valence-electron chi connectivity index (χ3n) is 3.67. The number of halogens is 1. The lowest BCUT2D eigenvalue weighted by atomic mass is 10.2. The van der Waals surface area contributed by atoms with Gasteiger partial charge in [0, 0.05) is 37.8 Å². The molecule has 0 aliphatic heterocycles. The number of hydrogen-bond acceptors (Lipinski definition) is 6. The number of amides is 1. The van der Waals surface area contributed by atoms with Gasteiger partial charge in [-0.25, -0.2) is 13.9 Å². The topological polar surface area (TPSA) is 92.8 Å². The molecule has 25 heavy (non-hydrogen) atoms. The number of carbonyl (C=O) groups is 1. The molecule has 0 aliphatic carbocycles. The summed E-state index contributed by atoms with van der Waals surface area (Å²) in [6.07, 6.45) is 3.64. The summed E-state index contributed by atoms with van der Waals surface area (Å²) in [4.78, 5) is 22.0. The van der Waals surface area contributed by atoms with Gasteiger partial charge < -0.3 is 14.7 Å². The van der Waals surface area contributed by atoms with Crippen LogP contribution in [0.3, 0.4) is 0 Å². The van der Waals surface area contributed by atoms with Crippen molar-refractivity contribution >= 4 is 17.4 Å². The van der Waals surface area contributed by atoms with Crippen molar-refractivity contribution in [2.24, 2.45) is 0 Å². The number of ether oxygens (including phenoxy) is 1. The number of carbonyl (C=O) groups excluding carboxylic acids is 1. The van der Waals surface area contributed by atoms with Crippen LogP contribution in [0.5, 0.6) is 5.75 Å². The van der Waals surface area contributed by atoms with Gasteiger partial charge >= 0.3 is 0 Å². The Morgan fingerprint density at radius 3 is 2.92 bits per heavy atom. The maximum atomic E-state index is 13.8. The van der Waals surface area contributed by atoms with Crippen LogP contribution < -0.4 is 9.64 Å². The largest absolute Gasteiger partial charge is 0.494 e. The predicted octanol–water partition coefficient (Wildman–Crippen LogP) is 1.08. The number of fused-ring (bicyclic) bond motifs is 1. The molecule has 0 spiro atoms. The van der Waals surface area contributed by atoms with E-state index in [1.165, 1.54) is 35.7 Å². The Kier molecular flexibility index (Phi) is 4.57. The number of aromatic nitrogens is 4. The first kappa shape index (κ1) is 16.8. The second-order valence-corrected chi connectivity index (χ2v) is 5.30. The Hall–Kier alpha value is -3.07. The van der Waals surface area contributed by atoms with E-state index < -0.39 is 11.7 Å². The lowest BCUT2D eigenvalue weighted by Crippen LogP contribution is -2.27. The molecule has 3 aromatic rings. The maximum absolute atomic E-state index is 13.8. The van der Waals surface area contributed by atoms with E-state index in [4.69, 9.17) is 9.84 Å². The van der Waals surface area contributed by atoms with Crippen LogP contribution in [-0.4, -0.2) is 51.4 Å². The normalized spacial score (nSPS) is 10.9. The zero-order valence-electron chi connectivity index (χ0n) is 13.7. The first-order chi connectivity index (χ1) is 12.0. The molecule has 1 amide bonds. The van der Waals surface area contributed by atoms with Crippen LogP contribution >= 0.6 is 0 Å². The average Bonchev–Trinajstić information content (AvgIpc) is 3.04. The molecule has 0 aliphatic rings. The van der Waals surface area contributed by atoms with Crippen LogP contribution in [0.15, 0.2) is 30.6 Å². The van der Waals surface area contributed by atoms with E-state index in [2.05, 4.69) is 15.1 Å². The summed E-state index contributed by atoms with van der Waals surface area (Å²) >= 11 is 0. The van der Waals surface area contributed by atoms with Gasteiger partial charge in [-0.15, -0.1) is 5.10 Å². The monoisotopic (exact) mass is 345 g/mol. The number of benzene rings is 1. The summed E-state index contributed by atoms with van der Waals surface area (Å²) in [5.41, 5.74) is 1.11. The fourth-order valence-corrected chi connectivity index (χ4v) is 2.30. The Morgan fingerprint density at radius 2 is 2.24 bits per heavy atom. The van der Waals surface area contributed by atoms with Crippen molar-refractivity contribution in [2.45, 2.75) is 6.42 Å². The standard InChI is InChI=1S/C16H16FN5O3/c1-21(11-3-4-13(25-2)12(17)7-11)15(24)14-19-16-18-8-10(5-6-23)9-22(16)20-14/h3-4,7-9,23H,5-6H2,1-2H3. The Labute approximate surface area is 142 Å². The molecule has 0 radical (unpaired) electrons. The molecule has 3 rings (SSSR count). The van der Waals surface area contributed by atoms with Gasteiger partial charge in [0.15, 0.2) is 11.6 Å². The van der Waals surface area contributed by atoms with E-state index in [0.717, 1.165) is 5.56 Å². The highest BCUT2D eigenvalue weighted by Gasteiger charge is 2.20. The van der Waals surface area contributed by atoms with E-state index in [0.29, 0.717) is 12.1 Å². The number of nitrogens with zero attached hydrogens (tertiary/aromatic N) is 5. The smallest absolute Gasteiger partial charge is 0.297 e. The minimum absolute atomic E-state index is 0.0144. The highest BCUT2D eigenvalue weighted by Crippen LogP contribution is 2.23. The number of anilines is 1. The molecular formula is C16H16FN5O3. The molecule has 0 unspecified atom stereocenters. The molecule has 130 valence electrons. The Morgan fingerprint density at radius 1 is 1.44 bits per heavy atom. The molecule has 0 fully saturated rings. The molecule has 9 heteroatoms. The second-order valence-electron chi connectivity index (χ2n) is 5.30. The summed E-state index contributed by atoms with van der Waals surface area (Å²) in [5, 5.41) is 13.1. The van der Waals surface area contributed by atoms with Crippen molar-refractivity contribution in [1.82, 2.24) is 19.6 Å². The van der Waals surface area contributed by atoms with Gasteiger partial charge in [-0.1, -0.05) is 0 Å². The van der Waals surface area contributed by atoms with E-state index in [1.54, 1.807) is 18.5 Å². The highest BCUT2D eigenvalue weighted by molar-refractivity contribution is 6.03. The zero-order chi connectivity index (χ0) is 18.0. The molecule has 1 aromatic carbocycles. The van der Waals surface area contributed by atoms with E-state index in [-0.39, 0.29) is 24.0 Å². The number of methoxy groups -OCH3 is 1. The lowest BCUT2D eigenvalue weighted by Gasteiger charge is -2.16. The van der Waals surface area contributed by atoms with Crippen LogP contribution in [-0.2, 0) is 6.42 Å². The summed E-state index contributed by atoms with van der Waals surface area (Å²) in [7, 11) is 2.87. The van der Waals surface area contributed by atoms with Crippen molar-refractivity contribution in [3.05, 3.63) is 47.8 Å². The molecule has 0 bridgehead atoms. The van der Waals surface area contributed by atoms with Crippen molar-refractivity contribution in [3.8, 4) is 5.75 Å². The first-order valence-electron chi connectivity index (χ1n) is 7.47. The lowest BCUT2D eigenvalue weighted by molar-refractivity contribution is 0.0983. The fraction of sp³-hybridized carbons (Fsp3) is 0.250. The number of rotatable bonds is 5. The van der Waals surface area contributed by atoms with Crippen LogP contribution in [0.1, 0.15) is 16.2 Å². The highest BCUT2D eigenvalue weighted by atomic mass is 19.1. The average molecular weight is 345 g/mol. The van der Waals surface area contributed by atoms with E-state index in [9.17, 15) is 9.18 Å². The third-order valence-corrected chi connectivity index (χ3v) is 3.67. The molecule has 2 aromatic heterocycles. The van der Waals surface area contributed by atoms with Crippen molar-refractivity contribution < 1.29 is 19.0 Å². The first-order valence-corrected chi connectivity index (χ1v) is 7.47. The Bertz CT molecular complexity index is 927. The van der Waals surface area contributed by atoms with Crippen LogP contribution in [0.25, 0.3) is 5.78 Å². The molecule has 0 atom stereocenters. The number of aliphatic hydroxyl groups is 1. The SMILES string of the molecule is COc1ccc(N(C)C(=O)c2nc3ncc(CCO)cn3n2)cc1F. The molecule has 2 heterocycles. The fourth-order valence-electron chi connectivity index (χ4n) is 2.30.